The summed E-state index contributed by atoms with van der Waals surface area (Å²) < 4.78 is 1.24. The molecule has 0 unspecified atom stereocenters. The predicted octanol–water partition coefficient (Wildman–Crippen LogP) is 0.892. The van der Waals surface area contributed by atoms with Gasteiger partial charge in [-0.25, -0.2) is 4.57 Å². The van der Waals surface area contributed by atoms with Crippen LogP contribution in [0.4, 0.5) is 5.95 Å². The van der Waals surface area contributed by atoms with Gasteiger partial charge in [-0.3, -0.25) is 0 Å². The van der Waals surface area contributed by atoms with Gasteiger partial charge in [0.2, 0.25) is 0 Å². The first kappa shape index (κ1) is 6.47. The van der Waals surface area contributed by atoms with E-state index in [1.54, 1.807) is 0 Å². The highest BCUT2D eigenvalue weighted by molar-refractivity contribution is 5.26. The number of hydrogen-bond acceptors (Lipinski definition) is 3. The van der Waals surface area contributed by atoms with Crippen LogP contribution >= 0.6 is 0 Å². The normalized spacial score (nSPS) is 9.20. The molecule has 1 aromatic rings. The molecule has 0 fully saturated rings. The van der Waals surface area contributed by atoms with Crippen LogP contribution in [-0.2, 0) is 0 Å². The van der Waals surface area contributed by atoms with E-state index in [1.807, 2.05) is 0 Å². The molecule has 0 aromatic carbocycles. The van der Waals surface area contributed by atoms with Crippen molar-refractivity contribution in [2.24, 2.45) is 0 Å². The molecule has 5 heteroatoms. The van der Waals surface area contributed by atoms with Crippen LogP contribution in [0.3, 0.4) is 0 Å². The Morgan fingerprint density at radius 2 is 2.60 bits per heavy atom. The summed E-state index contributed by atoms with van der Waals surface area (Å²) in [5.74, 6) is -0.213. The van der Waals surface area contributed by atoms with E-state index >= 15 is 0 Å². The zero-order valence-electron chi connectivity index (χ0n) is 5.10. The van der Waals surface area contributed by atoms with Crippen LogP contribution in [0.5, 0.6) is 0 Å². The van der Waals surface area contributed by atoms with Gasteiger partial charge in [0, 0.05) is 0 Å². The fourth-order valence-corrected chi connectivity index (χ4v) is 0.589. The smallest absolute Gasteiger partial charge is 0.390 e. The van der Waals surface area contributed by atoms with E-state index in [9.17, 15) is 10.1 Å². The second-order valence-electron chi connectivity index (χ2n) is 1.57. The minimum absolute atomic E-state index is 0.213. The van der Waals surface area contributed by atoms with E-state index in [0.29, 0.717) is 0 Å². The summed E-state index contributed by atoms with van der Waals surface area (Å²) in [5, 5.41) is 10.1. The Balaban J connectivity index is 3.13. The molecule has 1 aromatic heterocycles. The topological polar surface area (TPSA) is 61.0 Å². The van der Waals surface area contributed by atoms with Crippen LogP contribution in [-0.4, -0.2) is 14.5 Å². The zero-order valence-corrected chi connectivity index (χ0v) is 5.10. The highest BCUT2D eigenvalue weighted by Gasteiger charge is 2.09. The van der Waals surface area contributed by atoms with Crippen LogP contribution in [0.15, 0.2) is 19.0 Å². The van der Waals surface area contributed by atoms with E-state index in [1.165, 1.54) is 23.2 Å². The van der Waals surface area contributed by atoms with Crippen molar-refractivity contribution in [2.75, 3.05) is 0 Å². The SMILES string of the molecule is C=Cn1ccnc1[N+](=O)[O-]. The van der Waals surface area contributed by atoms with E-state index in [0.717, 1.165) is 0 Å². The molecule has 1 heterocycles. The van der Waals surface area contributed by atoms with Crippen LogP contribution in [0.2, 0.25) is 0 Å². The summed E-state index contributed by atoms with van der Waals surface area (Å²) in [4.78, 5) is 13.0. The molecule has 0 radical (unpaired) electrons. The van der Waals surface area contributed by atoms with Gasteiger partial charge in [-0.1, -0.05) is 11.6 Å². The van der Waals surface area contributed by atoms with Gasteiger partial charge >= 0.3 is 5.95 Å². The summed E-state index contributed by atoms with van der Waals surface area (Å²) in [6, 6.07) is 0. The van der Waals surface area contributed by atoms with Gasteiger partial charge in [-0.05, 0) is 4.92 Å². The van der Waals surface area contributed by atoms with Crippen molar-refractivity contribution >= 4 is 12.1 Å². The quantitative estimate of drug-likeness (QED) is 0.451. The monoisotopic (exact) mass is 139 g/mol. The van der Waals surface area contributed by atoms with Gasteiger partial charge < -0.3 is 10.1 Å². The first-order valence-electron chi connectivity index (χ1n) is 2.55. The van der Waals surface area contributed by atoms with Crippen LogP contribution < -0.4 is 0 Å². The molecule has 52 valence electrons. The maximum absolute atomic E-state index is 10.1. The molecule has 0 aliphatic carbocycles. The van der Waals surface area contributed by atoms with Crippen molar-refractivity contribution in [2.45, 2.75) is 0 Å². The number of hydrogen-bond donors (Lipinski definition) is 0. The third kappa shape index (κ3) is 0.883. The molecule has 0 bridgehead atoms. The minimum Gasteiger partial charge on any atom is -0.390 e. The van der Waals surface area contributed by atoms with E-state index in [4.69, 9.17) is 0 Å². The molecule has 10 heavy (non-hydrogen) atoms. The first-order chi connectivity index (χ1) is 4.75. The summed E-state index contributed by atoms with van der Waals surface area (Å²) >= 11 is 0. The Morgan fingerprint density at radius 1 is 1.90 bits per heavy atom. The zero-order chi connectivity index (χ0) is 7.56. The molecule has 0 aliphatic rings. The molecule has 5 nitrogen and oxygen atoms in total. The maximum Gasteiger partial charge on any atom is 0.439 e. The van der Waals surface area contributed by atoms with Crippen molar-refractivity contribution in [3.63, 3.8) is 0 Å². The van der Waals surface area contributed by atoms with E-state index < -0.39 is 4.92 Å². The first-order valence-corrected chi connectivity index (χ1v) is 2.55. The summed E-state index contributed by atoms with van der Waals surface area (Å²) in [5.41, 5.74) is 0. The molecule has 0 spiro atoms. The number of nitro groups is 1. The van der Waals surface area contributed by atoms with Crippen molar-refractivity contribution in [3.8, 4) is 0 Å². The number of rotatable bonds is 2. The van der Waals surface area contributed by atoms with Crippen molar-refractivity contribution < 1.29 is 4.92 Å². The van der Waals surface area contributed by atoms with Crippen molar-refractivity contribution in [1.82, 2.24) is 9.55 Å². The third-order valence-electron chi connectivity index (χ3n) is 1.01. The van der Waals surface area contributed by atoms with E-state index in [-0.39, 0.29) is 5.95 Å². The molecular formula is C5H5N3O2. The highest BCUT2D eigenvalue weighted by atomic mass is 16.6. The van der Waals surface area contributed by atoms with Gasteiger partial charge in [-0.15, -0.1) is 0 Å². The van der Waals surface area contributed by atoms with Gasteiger partial charge in [0.15, 0.2) is 0 Å². The molecule has 0 amide bonds. The Bertz CT molecular complexity index is 266. The highest BCUT2D eigenvalue weighted by Crippen LogP contribution is 2.05. The molecule has 0 saturated carbocycles. The second-order valence-corrected chi connectivity index (χ2v) is 1.57. The van der Waals surface area contributed by atoms with Gasteiger partial charge in [0.1, 0.15) is 12.4 Å². The minimum atomic E-state index is -0.568. The molecule has 0 atom stereocenters. The van der Waals surface area contributed by atoms with E-state index in [2.05, 4.69) is 11.6 Å². The summed E-state index contributed by atoms with van der Waals surface area (Å²) in [6.07, 6.45) is 4.14. The van der Waals surface area contributed by atoms with Crippen LogP contribution in [0, 0.1) is 10.1 Å². The lowest BCUT2D eigenvalue weighted by Gasteiger charge is -1.91. The maximum atomic E-state index is 10.1. The number of imidazole rings is 1. The largest absolute Gasteiger partial charge is 0.439 e. The lowest BCUT2D eigenvalue weighted by atomic mass is 10.8. The molecule has 0 saturated heterocycles. The van der Waals surface area contributed by atoms with Crippen molar-refractivity contribution in [3.05, 3.63) is 29.1 Å². The average molecular weight is 139 g/mol. The summed E-state index contributed by atoms with van der Waals surface area (Å²) in [7, 11) is 0. The van der Waals surface area contributed by atoms with Crippen LogP contribution in [0.25, 0.3) is 6.20 Å². The Hall–Kier alpha value is -1.65. The number of nitrogens with zero attached hydrogens (tertiary/aromatic N) is 3. The lowest BCUT2D eigenvalue weighted by molar-refractivity contribution is -0.395. The molecule has 0 aliphatic heterocycles. The third-order valence-corrected chi connectivity index (χ3v) is 1.01. The Labute approximate surface area is 56.8 Å². The summed E-state index contributed by atoms with van der Waals surface area (Å²) in [6.45, 7) is 3.36. The predicted molar refractivity (Wildman–Crippen MR) is 35.3 cm³/mol. The fraction of sp³-hybridized carbons (Fsp3) is 0. The molecular weight excluding hydrogens is 134 g/mol. The van der Waals surface area contributed by atoms with Crippen LogP contribution in [0.1, 0.15) is 0 Å². The second kappa shape index (κ2) is 2.30. The average Bonchev–Trinajstić information content (AvgIpc) is 2.33. The lowest BCUT2D eigenvalue weighted by Crippen LogP contribution is -1.95. The fourth-order valence-electron chi connectivity index (χ4n) is 0.589. The van der Waals surface area contributed by atoms with Gasteiger partial charge in [-0.2, -0.15) is 0 Å². The van der Waals surface area contributed by atoms with Crippen molar-refractivity contribution in [1.29, 1.82) is 0 Å². The standard InChI is InChI=1S/C5H5N3O2/c1-2-7-4-3-6-5(7)8(9)10/h2-4H,1H2. The molecule has 1 rings (SSSR count). The Morgan fingerprint density at radius 3 is 3.00 bits per heavy atom. The number of aromatic nitrogens is 2. The molecule has 0 N–H and O–H groups in total. The van der Waals surface area contributed by atoms with Gasteiger partial charge in [0.05, 0.1) is 6.20 Å². The Kier molecular flexibility index (Phi) is 1.49. The van der Waals surface area contributed by atoms with Gasteiger partial charge in [0.25, 0.3) is 0 Å².